The van der Waals surface area contributed by atoms with E-state index in [0.29, 0.717) is 11.3 Å². The van der Waals surface area contributed by atoms with Crippen molar-refractivity contribution < 1.29 is 5.11 Å². The molecule has 0 fully saturated rings. The van der Waals surface area contributed by atoms with E-state index in [9.17, 15) is 5.11 Å². The van der Waals surface area contributed by atoms with E-state index in [2.05, 4.69) is 22.2 Å². The third kappa shape index (κ3) is 3.76. The second-order valence-electron chi connectivity index (χ2n) is 6.92. The minimum Gasteiger partial charge on any atom is -0.508 e. The van der Waals surface area contributed by atoms with Crippen molar-refractivity contribution in [3.63, 3.8) is 0 Å². The molecule has 0 radical (unpaired) electrons. The van der Waals surface area contributed by atoms with Crippen molar-refractivity contribution in [3.05, 3.63) is 78.1 Å². The van der Waals surface area contributed by atoms with E-state index >= 15 is 0 Å². The molecule has 4 rings (SSSR count). The molecule has 0 spiro atoms. The molecule has 0 unspecified atom stereocenters. The van der Waals surface area contributed by atoms with E-state index in [1.54, 1.807) is 35.1 Å². The van der Waals surface area contributed by atoms with Crippen LogP contribution in [0.4, 0.5) is 0 Å². The van der Waals surface area contributed by atoms with E-state index < -0.39 is 0 Å². The van der Waals surface area contributed by atoms with Gasteiger partial charge in [0.1, 0.15) is 18.0 Å². The van der Waals surface area contributed by atoms with Gasteiger partial charge in [-0.2, -0.15) is 15.6 Å². The number of hydrogen-bond donors (Lipinski definition) is 1. The Bertz CT molecular complexity index is 1290. The average molecular weight is 391 g/mol. The number of aromatic nitrogens is 3. The fourth-order valence-electron chi connectivity index (χ4n) is 3.37. The quantitative estimate of drug-likeness (QED) is 0.544. The minimum atomic E-state index is 0.123. The van der Waals surface area contributed by atoms with E-state index in [1.165, 1.54) is 0 Å². The Hall–Kier alpha value is -4.42. The van der Waals surface area contributed by atoms with Gasteiger partial charge in [-0.25, -0.2) is 0 Å². The third-order valence-corrected chi connectivity index (χ3v) is 4.71. The second kappa shape index (κ2) is 7.90. The Kier molecular flexibility index (Phi) is 4.99. The smallest absolute Gasteiger partial charge is 0.128 e. The van der Waals surface area contributed by atoms with Crippen LogP contribution >= 0.6 is 0 Å². The Morgan fingerprint density at radius 3 is 2.47 bits per heavy atom. The SMILES string of the molecule is Cc1cc(O)cc(-c2nn(CC#N)cc2-c2ccnc(-c3ccc(C#N)cc3)c2)c1. The summed E-state index contributed by atoms with van der Waals surface area (Å²) in [5.74, 6) is 0.166. The zero-order valence-electron chi connectivity index (χ0n) is 16.2. The van der Waals surface area contributed by atoms with Crippen molar-refractivity contribution in [2.24, 2.45) is 0 Å². The molecule has 0 atom stereocenters. The van der Waals surface area contributed by atoms with E-state index in [0.717, 1.165) is 33.5 Å². The number of aromatic hydroxyl groups is 1. The summed E-state index contributed by atoms with van der Waals surface area (Å²) in [6.45, 7) is 2.03. The topological polar surface area (TPSA) is 98.5 Å². The van der Waals surface area contributed by atoms with Gasteiger partial charge < -0.3 is 5.11 Å². The summed E-state index contributed by atoms with van der Waals surface area (Å²) in [5.41, 5.74) is 6.36. The number of nitriles is 2. The fourth-order valence-corrected chi connectivity index (χ4v) is 3.37. The molecule has 0 saturated carbocycles. The number of rotatable bonds is 4. The summed E-state index contributed by atoms with van der Waals surface area (Å²) >= 11 is 0. The predicted octanol–water partition coefficient (Wildman–Crippen LogP) is 4.69. The number of phenols is 1. The summed E-state index contributed by atoms with van der Waals surface area (Å²) in [7, 11) is 0. The lowest BCUT2D eigenvalue weighted by Crippen LogP contribution is -1.95. The molecule has 6 nitrogen and oxygen atoms in total. The second-order valence-corrected chi connectivity index (χ2v) is 6.92. The van der Waals surface area contributed by atoms with Crippen LogP contribution in [0.25, 0.3) is 33.6 Å². The van der Waals surface area contributed by atoms with Crippen molar-refractivity contribution in [1.82, 2.24) is 14.8 Å². The van der Waals surface area contributed by atoms with Gasteiger partial charge in [0, 0.05) is 29.1 Å². The van der Waals surface area contributed by atoms with Gasteiger partial charge >= 0.3 is 0 Å². The summed E-state index contributed by atoms with van der Waals surface area (Å²) in [4.78, 5) is 4.46. The first-order valence-electron chi connectivity index (χ1n) is 9.30. The molecule has 0 aliphatic carbocycles. The summed E-state index contributed by atoms with van der Waals surface area (Å²) in [6, 6.07) is 20.6. The fraction of sp³-hybridized carbons (Fsp3) is 0.0833. The zero-order valence-corrected chi connectivity index (χ0v) is 16.2. The molecule has 0 saturated heterocycles. The molecule has 0 aliphatic heterocycles. The Morgan fingerprint density at radius 2 is 1.77 bits per heavy atom. The maximum absolute atomic E-state index is 10.0. The van der Waals surface area contributed by atoms with Crippen molar-refractivity contribution in [3.8, 4) is 51.5 Å². The van der Waals surface area contributed by atoms with E-state index in [-0.39, 0.29) is 12.3 Å². The van der Waals surface area contributed by atoms with Crippen molar-refractivity contribution in [1.29, 1.82) is 10.5 Å². The molecule has 2 aromatic carbocycles. The standard InChI is InChI=1S/C24H17N5O/c1-16-10-20(12-21(30)11-16)24-22(15-29(28-24)9-7-25)19-6-8-27-23(13-19)18-4-2-17(14-26)3-5-18/h2-6,8,10-13,15,30H,9H2,1H3. The Balaban J connectivity index is 1.84. The Morgan fingerprint density at radius 1 is 0.967 bits per heavy atom. The first kappa shape index (κ1) is 18.9. The normalized spacial score (nSPS) is 10.4. The molecule has 144 valence electrons. The van der Waals surface area contributed by atoms with Crippen molar-refractivity contribution >= 4 is 0 Å². The Labute approximate surface area is 173 Å². The van der Waals surface area contributed by atoms with E-state index in [1.807, 2.05) is 43.5 Å². The van der Waals surface area contributed by atoms with Gasteiger partial charge in [-0.1, -0.05) is 12.1 Å². The first-order chi connectivity index (χ1) is 14.6. The van der Waals surface area contributed by atoms with Crippen LogP contribution in [0.3, 0.4) is 0 Å². The van der Waals surface area contributed by atoms with Crippen molar-refractivity contribution in [2.45, 2.75) is 13.5 Å². The molecule has 2 aromatic heterocycles. The van der Waals surface area contributed by atoms with Crippen LogP contribution in [0.15, 0.2) is 67.0 Å². The number of nitrogens with zero attached hydrogens (tertiary/aromatic N) is 5. The van der Waals surface area contributed by atoms with Gasteiger partial charge in [0.2, 0.25) is 0 Å². The monoisotopic (exact) mass is 391 g/mol. The summed E-state index contributed by atoms with van der Waals surface area (Å²) in [5, 5.41) is 32.7. The zero-order chi connectivity index (χ0) is 21.1. The van der Waals surface area contributed by atoms with Gasteiger partial charge in [0.25, 0.3) is 0 Å². The molecule has 0 amide bonds. The lowest BCUT2D eigenvalue weighted by Gasteiger charge is -2.07. The maximum Gasteiger partial charge on any atom is 0.128 e. The number of aryl methyl sites for hydroxylation is 1. The molecule has 30 heavy (non-hydrogen) atoms. The third-order valence-electron chi connectivity index (χ3n) is 4.71. The van der Waals surface area contributed by atoms with Crippen LogP contribution in [0, 0.1) is 29.6 Å². The van der Waals surface area contributed by atoms with Gasteiger partial charge in [-0.3, -0.25) is 9.67 Å². The van der Waals surface area contributed by atoms with Crippen LogP contribution < -0.4 is 0 Å². The first-order valence-corrected chi connectivity index (χ1v) is 9.30. The molecular weight excluding hydrogens is 374 g/mol. The van der Waals surface area contributed by atoms with Gasteiger partial charge in [-0.05, 0) is 60.5 Å². The van der Waals surface area contributed by atoms with Crippen LogP contribution in [-0.4, -0.2) is 19.9 Å². The van der Waals surface area contributed by atoms with Crippen LogP contribution in [-0.2, 0) is 6.54 Å². The van der Waals surface area contributed by atoms with Crippen LogP contribution in [0.1, 0.15) is 11.1 Å². The number of benzene rings is 2. The van der Waals surface area contributed by atoms with Gasteiger partial charge in [0.15, 0.2) is 0 Å². The average Bonchev–Trinajstić information content (AvgIpc) is 3.18. The molecule has 4 aromatic rings. The molecule has 0 aliphatic rings. The minimum absolute atomic E-state index is 0.123. The van der Waals surface area contributed by atoms with Crippen LogP contribution in [0.5, 0.6) is 5.75 Å². The number of phenolic OH excluding ortho intramolecular Hbond substituents is 1. The highest BCUT2D eigenvalue weighted by atomic mass is 16.3. The molecular formula is C24H17N5O. The summed E-state index contributed by atoms with van der Waals surface area (Å²) in [6.07, 6.45) is 3.55. The van der Waals surface area contributed by atoms with Crippen LogP contribution in [0.2, 0.25) is 0 Å². The highest BCUT2D eigenvalue weighted by Gasteiger charge is 2.15. The van der Waals surface area contributed by atoms with Crippen molar-refractivity contribution in [2.75, 3.05) is 0 Å². The predicted molar refractivity (Wildman–Crippen MR) is 113 cm³/mol. The maximum atomic E-state index is 10.0. The van der Waals surface area contributed by atoms with Gasteiger partial charge in [-0.15, -0.1) is 0 Å². The molecule has 1 N–H and O–H groups in total. The molecule has 6 heteroatoms. The summed E-state index contributed by atoms with van der Waals surface area (Å²) < 4.78 is 1.59. The highest BCUT2D eigenvalue weighted by molar-refractivity contribution is 5.82. The lowest BCUT2D eigenvalue weighted by molar-refractivity contribution is 0.475. The highest BCUT2D eigenvalue weighted by Crippen LogP contribution is 2.34. The number of pyridine rings is 1. The number of hydrogen-bond acceptors (Lipinski definition) is 5. The molecule has 2 heterocycles. The lowest BCUT2D eigenvalue weighted by atomic mass is 9.99. The van der Waals surface area contributed by atoms with Gasteiger partial charge in [0.05, 0.1) is 23.4 Å². The molecule has 0 bridgehead atoms. The van der Waals surface area contributed by atoms with E-state index in [4.69, 9.17) is 10.5 Å². The largest absolute Gasteiger partial charge is 0.508 e.